The quantitative estimate of drug-likeness (QED) is 0.931. The third kappa shape index (κ3) is 3.59. The van der Waals surface area contributed by atoms with Crippen LogP contribution in [0.5, 0.6) is 5.75 Å². The molecule has 1 atom stereocenters. The minimum atomic E-state index is 0.0520. The molecule has 2 aromatic rings. The third-order valence-corrected chi connectivity index (χ3v) is 3.07. The Morgan fingerprint density at radius 3 is 2.00 bits per heavy atom. The van der Waals surface area contributed by atoms with Crippen LogP contribution in [0.4, 0.5) is 0 Å². The number of rotatable bonds is 4. The van der Waals surface area contributed by atoms with E-state index in [1.165, 1.54) is 11.1 Å². The zero-order chi connectivity index (χ0) is 13.0. The highest BCUT2D eigenvalue weighted by Gasteiger charge is 2.00. The summed E-state index contributed by atoms with van der Waals surface area (Å²) in [5.41, 5.74) is 8.01. The highest BCUT2D eigenvalue weighted by atomic mass is 79.9. The van der Waals surface area contributed by atoms with Crippen LogP contribution in [0.1, 0.15) is 6.92 Å². The standard InChI is InChI=1S/C15H16BrNO/c1-11(17)10-18-15-8-4-13(5-9-15)12-2-6-14(16)7-3-12/h2-9,11H,10,17H2,1H3. The number of benzene rings is 2. The molecule has 2 rings (SSSR count). The van der Waals surface area contributed by atoms with Crippen molar-refractivity contribution in [1.29, 1.82) is 0 Å². The second-order valence-electron chi connectivity index (χ2n) is 4.32. The first kappa shape index (κ1) is 13.1. The number of hydrogen-bond acceptors (Lipinski definition) is 2. The summed E-state index contributed by atoms with van der Waals surface area (Å²) in [4.78, 5) is 0. The van der Waals surface area contributed by atoms with Crippen molar-refractivity contribution >= 4 is 15.9 Å². The Kier molecular flexibility index (Phi) is 4.39. The van der Waals surface area contributed by atoms with Gasteiger partial charge in [0.05, 0.1) is 0 Å². The lowest BCUT2D eigenvalue weighted by molar-refractivity contribution is 0.296. The van der Waals surface area contributed by atoms with E-state index < -0.39 is 0 Å². The highest BCUT2D eigenvalue weighted by Crippen LogP contribution is 2.24. The average molecular weight is 306 g/mol. The number of ether oxygens (including phenoxy) is 1. The first-order valence-corrected chi connectivity index (χ1v) is 6.69. The van der Waals surface area contributed by atoms with Crippen LogP contribution in [-0.2, 0) is 0 Å². The molecule has 0 spiro atoms. The predicted molar refractivity (Wildman–Crippen MR) is 78.7 cm³/mol. The van der Waals surface area contributed by atoms with Crippen molar-refractivity contribution < 1.29 is 4.74 Å². The van der Waals surface area contributed by atoms with Gasteiger partial charge >= 0.3 is 0 Å². The van der Waals surface area contributed by atoms with Gasteiger partial charge in [-0.15, -0.1) is 0 Å². The molecule has 0 bridgehead atoms. The normalized spacial score (nSPS) is 12.2. The van der Waals surface area contributed by atoms with Crippen LogP contribution in [0.25, 0.3) is 11.1 Å². The molecule has 0 radical (unpaired) electrons. The topological polar surface area (TPSA) is 35.2 Å². The fourth-order valence-corrected chi connectivity index (χ4v) is 1.88. The van der Waals surface area contributed by atoms with Gasteiger partial charge in [0.25, 0.3) is 0 Å². The first-order valence-electron chi connectivity index (χ1n) is 5.89. The van der Waals surface area contributed by atoms with Crippen molar-refractivity contribution in [3.63, 3.8) is 0 Å². The van der Waals surface area contributed by atoms with Crippen LogP contribution in [0.15, 0.2) is 53.0 Å². The van der Waals surface area contributed by atoms with E-state index in [-0.39, 0.29) is 6.04 Å². The van der Waals surface area contributed by atoms with Gasteiger partial charge < -0.3 is 10.5 Å². The third-order valence-electron chi connectivity index (χ3n) is 2.54. The first-order chi connectivity index (χ1) is 8.65. The van der Waals surface area contributed by atoms with E-state index in [1.807, 2.05) is 31.2 Å². The Balaban J connectivity index is 2.09. The Morgan fingerprint density at radius 2 is 1.50 bits per heavy atom. The van der Waals surface area contributed by atoms with E-state index in [0.717, 1.165) is 10.2 Å². The lowest BCUT2D eigenvalue weighted by Gasteiger charge is -2.09. The lowest BCUT2D eigenvalue weighted by Crippen LogP contribution is -2.23. The fraction of sp³-hybridized carbons (Fsp3) is 0.200. The van der Waals surface area contributed by atoms with Gasteiger partial charge in [0.1, 0.15) is 12.4 Å². The van der Waals surface area contributed by atoms with Crippen LogP contribution in [0.2, 0.25) is 0 Å². The van der Waals surface area contributed by atoms with Crippen molar-refractivity contribution in [3.05, 3.63) is 53.0 Å². The maximum Gasteiger partial charge on any atom is 0.119 e. The van der Waals surface area contributed by atoms with E-state index in [2.05, 4.69) is 40.2 Å². The zero-order valence-electron chi connectivity index (χ0n) is 10.3. The smallest absolute Gasteiger partial charge is 0.119 e. The zero-order valence-corrected chi connectivity index (χ0v) is 11.9. The van der Waals surface area contributed by atoms with Crippen LogP contribution in [0.3, 0.4) is 0 Å². The van der Waals surface area contributed by atoms with Gasteiger partial charge in [-0.2, -0.15) is 0 Å². The van der Waals surface area contributed by atoms with Gasteiger partial charge in [-0.3, -0.25) is 0 Å². The highest BCUT2D eigenvalue weighted by molar-refractivity contribution is 9.10. The molecular weight excluding hydrogens is 290 g/mol. The summed E-state index contributed by atoms with van der Waals surface area (Å²) < 4.78 is 6.63. The van der Waals surface area contributed by atoms with Crippen LogP contribution < -0.4 is 10.5 Å². The molecule has 2 nitrogen and oxygen atoms in total. The second-order valence-corrected chi connectivity index (χ2v) is 5.24. The molecule has 94 valence electrons. The summed E-state index contributed by atoms with van der Waals surface area (Å²) in [6.07, 6.45) is 0. The van der Waals surface area contributed by atoms with E-state index in [1.54, 1.807) is 0 Å². The number of halogens is 1. The van der Waals surface area contributed by atoms with E-state index in [0.29, 0.717) is 6.61 Å². The molecule has 2 aromatic carbocycles. The van der Waals surface area contributed by atoms with E-state index in [9.17, 15) is 0 Å². The molecule has 2 N–H and O–H groups in total. The molecule has 0 fully saturated rings. The van der Waals surface area contributed by atoms with Gasteiger partial charge in [0, 0.05) is 10.5 Å². The van der Waals surface area contributed by atoms with Gasteiger partial charge in [-0.05, 0) is 42.3 Å². The van der Waals surface area contributed by atoms with Crippen molar-refractivity contribution in [1.82, 2.24) is 0 Å². The van der Waals surface area contributed by atoms with E-state index >= 15 is 0 Å². The minimum absolute atomic E-state index is 0.0520. The molecule has 0 heterocycles. The fourth-order valence-electron chi connectivity index (χ4n) is 1.61. The molecule has 0 amide bonds. The summed E-state index contributed by atoms with van der Waals surface area (Å²) in [6.45, 7) is 2.47. The summed E-state index contributed by atoms with van der Waals surface area (Å²) >= 11 is 3.43. The molecular formula is C15H16BrNO. The summed E-state index contributed by atoms with van der Waals surface area (Å²) in [7, 11) is 0. The van der Waals surface area contributed by atoms with Gasteiger partial charge in [-0.1, -0.05) is 40.2 Å². The van der Waals surface area contributed by atoms with Gasteiger partial charge in [0.2, 0.25) is 0 Å². The van der Waals surface area contributed by atoms with Crippen molar-refractivity contribution in [2.24, 2.45) is 5.73 Å². The Bertz CT molecular complexity index is 491. The predicted octanol–water partition coefficient (Wildman–Crippen LogP) is 3.84. The van der Waals surface area contributed by atoms with Crippen molar-refractivity contribution in [2.75, 3.05) is 6.61 Å². The Labute approximate surface area is 116 Å². The van der Waals surface area contributed by atoms with E-state index in [4.69, 9.17) is 10.5 Å². The minimum Gasteiger partial charge on any atom is -0.492 e. The Morgan fingerprint density at radius 1 is 1.00 bits per heavy atom. The van der Waals surface area contributed by atoms with Gasteiger partial charge in [0.15, 0.2) is 0 Å². The molecule has 18 heavy (non-hydrogen) atoms. The van der Waals surface area contributed by atoms with Crippen LogP contribution in [-0.4, -0.2) is 12.6 Å². The second kappa shape index (κ2) is 6.03. The maximum atomic E-state index is 5.65. The Hall–Kier alpha value is -1.32. The average Bonchev–Trinajstić information content (AvgIpc) is 2.38. The summed E-state index contributed by atoms with van der Waals surface area (Å²) in [5.74, 6) is 0.855. The molecule has 0 aromatic heterocycles. The largest absolute Gasteiger partial charge is 0.492 e. The van der Waals surface area contributed by atoms with Crippen molar-refractivity contribution in [3.8, 4) is 16.9 Å². The molecule has 3 heteroatoms. The maximum absolute atomic E-state index is 5.65. The molecule has 0 aliphatic heterocycles. The molecule has 0 aliphatic carbocycles. The van der Waals surface area contributed by atoms with Crippen LogP contribution >= 0.6 is 15.9 Å². The molecule has 0 saturated heterocycles. The van der Waals surface area contributed by atoms with Crippen LogP contribution in [0, 0.1) is 0 Å². The molecule has 0 saturated carbocycles. The SMILES string of the molecule is CC(N)COc1ccc(-c2ccc(Br)cc2)cc1. The molecule has 1 unspecified atom stereocenters. The molecule has 0 aliphatic rings. The summed E-state index contributed by atoms with van der Waals surface area (Å²) in [5, 5.41) is 0. The summed E-state index contributed by atoms with van der Waals surface area (Å²) in [6, 6.07) is 16.4. The lowest BCUT2D eigenvalue weighted by atomic mass is 10.1. The monoisotopic (exact) mass is 305 g/mol. The number of nitrogens with two attached hydrogens (primary N) is 1. The van der Waals surface area contributed by atoms with Crippen molar-refractivity contribution in [2.45, 2.75) is 13.0 Å². The number of hydrogen-bond donors (Lipinski definition) is 1. The van der Waals surface area contributed by atoms with Gasteiger partial charge in [-0.25, -0.2) is 0 Å².